The largest absolute Gasteiger partial charge is 0.408 e. The lowest BCUT2D eigenvalue weighted by atomic mass is 10.1. The van der Waals surface area contributed by atoms with Gasteiger partial charge in [-0.1, -0.05) is 57.2 Å². The maximum atomic E-state index is 11.6. The first-order valence-corrected chi connectivity index (χ1v) is 10.1. The molecule has 2 atom stereocenters. The van der Waals surface area contributed by atoms with Crippen molar-refractivity contribution in [2.24, 2.45) is 0 Å². The summed E-state index contributed by atoms with van der Waals surface area (Å²) in [6, 6.07) is 8.70. The van der Waals surface area contributed by atoms with E-state index in [1.165, 1.54) is 25.7 Å². The van der Waals surface area contributed by atoms with E-state index in [4.69, 9.17) is 9.05 Å². The average Bonchev–Trinajstić information content (AvgIpc) is 2.47. The molecule has 0 spiro atoms. The summed E-state index contributed by atoms with van der Waals surface area (Å²) in [7, 11) is -4.57. The van der Waals surface area contributed by atoms with Gasteiger partial charge in [0.1, 0.15) is 5.75 Å². The SMILES string of the molecule is CCCCCCCCO[P](=O)[P](=O)Oc1ccccc1. The third-order valence-electron chi connectivity index (χ3n) is 2.76. The summed E-state index contributed by atoms with van der Waals surface area (Å²) in [5, 5.41) is 0. The van der Waals surface area contributed by atoms with Crippen LogP contribution < -0.4 is 4.52 Å². The van der Waals surface area contributed by atoms with E-state index in [9.17, 15) is 9.13 Å². The minimum absolute atomic E-state index is 0.376. The van der Waals surface area contributed by atoms with E-state index in [0.29, 0.717) is 12.4 Å². The molecular formula is C14H22O4P2. The van der Waals surface area contributed by atoms with Crippen molar-refractivity contribution in [3.8, 4) is 5.75 Å². The van der Waals surface area contributed by atoms with Crippen molar-refractivity contribution in [2.45, 2.75) is 45.4 Å². The van der Waals surface area contributed by atoms with Crippen LogP contribution in [0.4, 0.5) is 0 Å². The van der Waals surface area contributed by atoms with Crippen molar-refractivity contribution in [1.29, 1.82) is 0 Å². The first kappa shape index (κ1) is 17.2. The average molecular weight is 316 g/mol. The Bertz CT molecular complexity index is 409. The fourth-order valence-corrected chi connectivity index (χ4v) is 3.44. The molecule has 0 saturated heterocycles. The smallest absolute Gasteiger partial charge is 0.382 e. The molecule has 6 heteroatoms. The van der Waals surface area contributed by atoms with E-state index in [0.717, 1.165) is 12.8 Å². The predicted octanol–water partition coefficient (Wildman–Crippen LogP) is 5.84. The van der Waals surface area contributed by atoms with Crippen LogP contribution in [0.3, 0.4) is 0 Å². The molecule has 0 N–H and O–H groups in total. The Kier molecular flexibility index (Phi) is 9.40. The molecule has 0 saturated carbocycles. The number of hydrogen-bond donors (Lipinski definition) is 0. The number of benzene rings is 1. The molecule has 1 aromatic rings. The Labute approximate surface area is 122 Å². The lowest BCUT2D eigenvalue weighted by Crippen LogP contribution is -1.87. The van der Waals surface area contributed by atoms with E-state index in [1.54, 1.807) is 24.3 Å². The van der Waals surface area contributed by atoms with Crippen LogP contribution in [-0.2, 0) is 13.7 Å². The van der Waals surface area contributed by atoms with Crippen LogP contribution in [0.2, 0.25) is 0 Å². The van der Waals surface area contributed by atoms with Gasteiger partial charge in [-0.15, -0.1) is 0 Å². The van der Waals surface area contributed by atoms with Gasteiger partial charge in [0.2, 0.25) is 0 Å². The van der Waals surface area contributed by atoms with Crippen LogP contribution in [0.5, 0.6) is 5.75 Å². The lowest BCUT2D eigenvalue weighted by molar-refractivity contribution is 0.321. The minimum atomic E-state index is -2.31. The van der Waals surface area contributed by atoms with Gasteiger partial charge in [0.15, 0.2) is 0 Å². The van der Waals surface area contributed by atoms with Crippen molar-refractivity contribution in [3.05, 3.63) is 30.3 Å². The second-order valence-corrected chi connectivity index (χ2v) is 7.83. The Morgan fingerprint density at radius 1 is 0.900 bits per heavy atom. The molecule has 2 unspecified atom stereocenters. The van der Waals surface area contributed by atoms with Crippen LogP contribution in [0.15, 0.2) is 30.3 Å². The summed E-state index contributed by atoms with van der Waals surface area (Å²) in [4.78, 5) is 0. The highest BCUT2D eigenvalue weighted by Crippen LogP contribution is 2.52. The normalized spacial score (nSPS) is 12.1. The molecule has 0 fully saturated rings. The minimum Gasteiger partial charge on any atom is -0.408 e. The zero-order valence-electron chi connectivity index (χ0n) is 11.9. The van der Waals surface area contributed by atoms with Gasteiger partial charge in [0.25, 0.3) is 0 Å². The Hall–Kier alpha value is -0.820. The Morgan fingerprint density at radius 3 is 2.25 bits per heavy atom. The molecular weight excluding hydrogens is 294 g/mol. The zero-order chi connectivity index (χ0) is 14.6. The van der Waals surface area contributed by atoms with Gasteiger partial charge in [-0.05, 0) is 18.6 Å². The van der Waals surface area contributed by atoms with Crippen LogP contribution in [-0.4, -0.2) is 6.61 Å². The van der Waals surface area contributed by atoms with Gasteiger partial charge < -0.3 is 4.52 Å². The molecule has 0 amide bonds. The van der Waals surface area contributed by atoms with E-state index in [1.807, 2.05) is 6.07 Å². The highest BCUT2D eigenvalue weighted by Gasteiger charge is 2.15. The molecule has 1 rings (SSSR count). The Morgan fingerprint density at radius 2 is 1.55 bits per heavy atom. The first-order valence-electron chi connectivity index (χ1n) is 7.04. The molecule has 0 bridgehead atoms. The van der Waals surface area contributed by atoms with Gasteiger partial charge >= 0.3 is 15.4 Å². The molecule has 20 heavy (non-hydrogen) atoms. The summed E-state index contributed by atoms with van der Waals surface area (Å²) < 4.78 is 33.4. The molecule has 4 nitrogen and oxygen atoms in total. The van der Waals surface area contributed by atoms with Crippen molar-refractivity contribution in [2.75, 3.05) is 6.61 Å². The molecule has 2 radical (unpaired) electrons. The maximum Gasteiger partial charge on any atom is 0.382 e. The first-order chi connectivity index (χ1) is 9.74. The van der Waals surface area contributed by atoms with Crippen molar-refractivity contribution in [1.82, 2.24) is 0 Å². The van der Waals surface area contributed by atoms with E-state index >= 15 is 0 Å². The number of para-hydroxylation sites is 1. The second-order valence-electron chi connectivity index (χ2n) is 4.48. The standard InChI is InChI=1S/C14H22O4P2/c1-2-3-4-5-6-10-13-17-19(15)20(16)18-14-11-8-7-9-12-14/h7-9,11-12H,2-6,10,13H2,1H3. The zero-order valence-corrected chi connectivity index (χ0v) is 13.7. The fourth-order valence-electron chi connectivity index (χ4n) is 1.68. The summed E-state index contributed by atoms with van der Waals surface area (Å²) >= 11 is 0. The molecule has 0 aliphatic heterocycles. The Balaban J connectivity index is 2.11. The predicted molar refractivity (Wildman–Crippen MR) is 81.6 cm³/mol. The third kappa shape index (κ3) is 7.69. The molecule has 1 aromatic carbocycles. The van der Waals surface area contributed by atoms with Crippen molar-refractivity contribution in [3.63, 3.8) is 0 Å². The van der Waals surface area contributed by atoms with E-state index in [-0.39, 0.29) is 0 Å². The van der Waals surface area contributed by atoms with Gasteiger partial charge in [-0.2, -0.15) is 0 Å². The topological polar surface area (TPSA) is 52.6 Å². The van der Waals surface area contributed by atoms with Crippen LogP contribution in [0, 0.1) is 0 Å². The molecule has 112 valence electrons. The summed E-state index contributed by atoms with van der Waals surface area (Å²) in [6.45, 7) is 2.55. The number of rotatable bonds is 11. The number of unbranched alkanes of at least 4 members (excludes halogenated alkanes) is 5. The molecule has 0 heterocycles. The summed E-state index contributed by atoms with van der Waals surface area (Å²) in [6.07, 6.45) is 6.78. The molecule has 0 aromatic heterocycles. The quantitative estimate of drug-likeness (QED) is 0.380. The van der Waals surface area contributed by atoms with Crippen LogP contribution in [0.25, 0.3) is 0 Å². The van der Waals surface area contributed by atoms with Gasteiger partial charge in [0, 0.05) is 0 Å². The fraction of sp³-hybridized carbons (Fsp3) is 0.571. The summed E-state index contributed by atoms with van der Waals surface area (Å²) in [5.41, 5.74) is 0. The van der Waals surface area contributed by atoms with Crippen molar-refractivity contribution < 1.29 is 18.2 Å². The second kappa shape index (κ2) is 10.9. The molecule has 0 aliphatic carbocycles. The highest BCUT2D eigenvalue weighted by atomic mass is 32.1. The maximum absolute atomic E-state index is 11.6. The van der Waals surface area contributed by atoms with Crippen LogP contribution in [0.1, 0.15) is 45.4 Å². The highest BCUT2D eigenvalue weighted by molar-refractivity contribution is 8.14. The van der Waals surface area contributed by atoms with Gasteiger partial charge in [-0.3, -0.25) is 4.52 Å². The van der Waals surface area contributed by atoms with E-state index in [2.05, 4.69) is 6.92 Å². The lowest BCUT2D eigenvalue weighted by Gasteiger charge is -2.04. The van der Waals surface area contributed by atoms with Crippen LogP contribution >= 0.6 is 15.4 Å². The monoisotopic (exact) mass is 316 g/mol. The molecule has 0 aliphatic rings. The van der Waals surface area contributed by atoms with Gasteiger partial charge in [0.05, 0.1) is 6.61 Å². The number of hydrogen-bond acceptors (Lipinski definition) is 4. The van der Waals surface area contributed by atoms with E-state index < -0.39 is 15.4 Å². The van der Waals surface area contributed by atoms with Crippen molar-refractivity contribution >= 4 is 15.4 Å². The van der Waals surface area contributed by atoms with Gasteiger partial charge in [-0.25, -0.2) is 9.13 Å². The third-order valence-corrected chi connectivity index (χ3v) is 5.19. The summed E-state index contributed by atoms with van der Waals surface area (Å²) in [5.74, 6) is 0.445.